The van der Waals surface area contributed by atoms with E-state index in [0.717, 1.165) is 44.7 Å². The molecule has 3 heteroatoms. The average molecular weight is 369 g/mol. The summed E-state index contributed by atoms with van der Waals surface area (Å²) < 4.78 is 0. The van der Waals surface area contributed by atoms with Crippen molar-refractivity contribution in [1.29, 1.82) is 0 Å². The molecule has 0 aromatic heterocycles. The van der Waals surface area contributed by atoms with Crippen molar-refractivity contribution in [2.45, 2.75) is 77.3 Å². The van der Waals surface area contributed by atoms with E-state index in [1.807, 2.05) is 0 Å². The molecule has 1 aromatic carbocycles. The highest BCUT2D eigenvalue weighted by atomic mass is 16.2. The summed E-state index contributed by atoms with van der Waals surface area (Å²) in [5.74, 6) is 1.23. The van der Waals surface area contributed by atoms with Crippen LogP contribution in [0.15, 0.2) is 30.3 Å². The summed E-state index contributed by atoms with van der Waals surface area (Å²) in [4.78, 5) is 17.5. The number of hydrogen-bond acceptors (Lipinski definition) is 2. The molecular formula is C24H36N2O. The van der Waals surface area contributed by atoms with Crippen molar-refractivity contribution in [2.75, 3.05) is 19.6 Å². The standard InChI is InChI=1S/C24H36N2O/c1-19(2)26-18-24(23(26)21-10-4-3-5-11-21)14-16-25(17-15-24)22(27)13-12-20-8-6-7-9-20/h3-5,10-11,19-20,23H,6-9,12-18H2,1-2H3. The monoisotopic (exact) mass is 368 g/mol. The molecule has 3 nitrogen and oxygen atoms in total. The fourth-order valence-corrected chi connectivity index (χ4v) is 5.86. The van der Waals surface area contributed by atoms with Gasteiger partial charge in [0.05, 0.1) is 0 Å². The van der Waals surface area contributed by atoms with Crippen LogP contribution in [0.1, 0.15) is 76.8 Å². The highest BCUT2D eigenvalue weighted by Gasteiger charge is 2.54. The summed E-state index contributed by atoms with van der Waals surface area (Å²) in [5, 5.41) is 0. The minimum atomic E-state index is 0.369. The van der Waals surface area contributed by atoms with Crippen molar-refractivity contribution in [1.82, 2.24) is 9.80 Å². The van der Waals surface area contributed by atoms with Gasteiger partial charge in [0.15, 0.2) is 0 Å². The predicted molar refractivity (Wildman–Crippen MR) is 110 cm³/mol. The van der Waals surface area contributed by atoms with Gasteiger partial charge in [-0.05, 0) is 44.6 Å². The zero-order valence-corrected chi connectivity index (χ0v) is 17.2. The van der Waals surface area contributed by atoms with Gasteiger partial charge in [0, 0.05) is 43.6 Å². The van der Waals surface area contributed by atoms with Gasteiger partial charge in [-0.2, -0.15) is 0 Å². The normalized spacial score (nSPS) is 25.9. The smallest absolute Gasteiger partial charge is 0.222 e. The van der Waals surface area contributed by atoms with E-state index in [1.54, 1.807) is 0 Å². The van der Waals surface area contributed by atoms with Gasteiger partial charge in [-0.25, -0.2) is 0 Å². The maximum absolute atomic E-state index is 12.7. The Hall–Kier alpha value is -1.35. The first-order chi connectivity index (χ1) is 13.1. The van der Waals surface area contributed by atoms with E-state index in [1.165, 1.54) is 37.8 Å². The number of amides is 1. The van der Waals surface area contributed by atoms with Crippen LogP contribution in [0.25, 0.3) is 0 Å². The lowest BCUT2D eigenvalue weighted by Crippen LogP contribution is -2.64. The number of nitrogens with zero attached hydrogens (tertiary/aromatic N) is 2. The third-order valence-electron chi connectivity index (χ3n) is 7.54. The van der Waals surface area contributed by atoms with Crippen LogP contribution in [0.4, 0.5) is 0 Å². The van der Waals surface area contributed by atoms with Crippen LogP contribution in [-0.2, 0) is 4.79 Å². The Kier molecular flexibility index (Phi) is 5.59. The Morgan fingerprint density at radius 3 is 2.41 bits per heavy atom. The van der Waals surface area contributed by atoms with Crippen LogP contribution in [0.3, 0.4) is 0 Å². The van der Waals surface area contributed by atoms with E-state index >= 15 is 0 Å². The van der Waals surface area contributed by atoms with Gasteiger partial charge in [0.25, 0.3) is 0 Å². The molecule has 4 rings (SSSR count). The lowest BCUT2D eigenvalue weighted by molar-refractivity contribution is -0.148. The Bertz CT molecular complexity index is 627. The Morgan fingerprint density at radius 2 is 1.78 bits per heavy atom. The molecule has 2 aliphatic heterocycles. The van der Waals surface area contributed by atoms with Crippen LogP contribution in [-0.4, -0.2) is 41.4 Å². The lowest BCUT2D eigenvalue weighted by Gasteiger charge is -2.62. The summed E-state index contributed by atoms with van der Waals surface area (Å²) >= 11 is 0. The molecule has 1 atom stereocenters. The SMILES string of the molecule is CC(C)N1CC2(CCN(C(=O)CCC3CCCC3)CC2)C1c1ccccc1. The number of hydrogen-bond donors (Lipinski definition) is 0. The minimum Gasteiger partial charge on any atom is -0.343 e. The summed E-state index contributed by atoms with van der Waals surface area (Å²) in [6, 6.07) is 12.1. The third kappa shape index (κ3) is 3.81. The Balaban J connectivity index is 1.36. The maximum atomic E-state index is 12.7. The molecule has 0 radical (unpaired) electrons. The first-order valence-corrected chi connectivity index (χ1v) is 11.2. The second-order valence-electron chi connectivity index (χ2n) is 9.51. The summed E-state index contributed by atoms with van der Waals surface area (Å²) in [5.41, 5.74) is 1.83. The molecule has 0 bridgehead atoms. The van der Waals surface area contributed by atoms with Crippen LogP contribution in [0.5, 0.6) is 0 Å². The summed E-state index contributed by atoms with van der Waals surface area (Å²) in [7, 11) is 0. The average Bonchev–Trinajstić information content (AvgIpc) is 3.19. The van der Waals surface area contributed by atoms with Crippen molar-refractivity contribution in [2.24, 2.45) is 11.3 Å². The number of piperidine rings is 1. The highest BCUT2D eigenvalue weighted by molar-refractivity contribution is 5.76. The molecule has 1 saturated carbocycles. The first kappa shape index (κ1) is 19.0. The van der Waals surface area contributed by atoms with Crippen molar-refractivity contribution in [3.05, 3.63) is 35.9 Å². The zero-order valence-electron chi connectivity index (χ0n) is 17.2. The predicted octanol–water partition coefficient (Wildman–Crippen LogP) is 5.03. The number of rotatable bonds is 5. The van der Waals surface area contributed by atoms with Crippen molar-refractivity contribution in [3.63, 3.8) is 0 Å². The quantitative estimate of drug-likeness (QED) is 0.728. The van der Waals surface area contributed by atoms with E-state index in [9.17, 15) is 4.79 Å². The molecule has 148 valence electrons. The summed E-state index contributed by atoms with van der Waals surface area (Å²) in [6.07, 6.45) is 9.65. The summed E-state index contributed by atoms with van der Waals surface area (Å²) in [6.45, 7) is 7.72. The second-order valence-corrected chi connectivity index (χ2v) is 9.51. The van der Waals surface area contributed by atoms with Gasteiger partial charge in [-0.1, -0.05) is 56.0 Å². The molecule has 3 aliphatic rings. The first-order valence-electron chi connectivity index (χ1n) is 11.2. The van der Waals surface area contributed by atoms with E-state index in [-0.39, 0.29) is 0 Å². The van der Waals surface area contributed by atoms with Gasteiger partial charge in [0.1, 0.15) is 0 Å². The highest BCUT2D eigenvalue weighted by Crippen LogP contribution is 2.55. The van der Waals surface area contributed by atoms with E-state index in [4.69, 9.17) is 0 Å². The van der Waals surface area contributed by atoms with Crippen LogP contribution in [0.2, 0.25) is 0 Å². The number of benzene rings is 1. The minimum absolute atomic E-state index is 0.369. The van der Waals surface area contributed by atoms with Crippen molar-refractivity contribution in [3.8, 4) is 0 Å². The Morgan fingerprint density at radius 1 is 1.11 bits per heavy atom. The van der Waals surface area contributed by atoms with Gasteiger partial charge in [0.2, 0.25) is 5.91 Å². The zero-order chi connectivity index (χ0) is 18.9. The van der Waals surface area contributed by atoms with E-state index in [2.05, 4.69) is 54.0 Å². The van der Waals surface area contributed by atoms with E-state index < -0.39 is 0 Å². The molecule has 27 heavy (non-hydrogen) atoms. The topological polar surface area (TPSA) is 23.6 Å². The van der Waals surface area contributed by atoms with Crippen LogP contribution in [0, 0.1) is 11.3 Å². The van der Waals surface area contributed by atoms with Crippen LogP contribution < -0.4 is 0 Å². The molecule has 2 saturated heterocycles. The molecule has 1 spiro atoms. The Labute approximate surface area is 165 Å². The number of carbonyl (C=O) groups is 1. The molecular weight excluding hydrogens is 332 g/mol. The molecule has 2 heterocycles. The van der Waals surface area contributed by atoms with Gasteiger partial charge in [-0.3, -0.25) is 9.69 Å². The fraction of sp³-hybridized carbons (Fsp3) is 0.708. The molecule has 1 aliphatic carbocycles. The molecule has 0 N–H and O–H groups in total. The fourth-order valence-electron chi connectivity index (χ4n) is 5.86. The molecule has 3 fully saturated rings. The van der Waals surface area contributed by atoms with Crippen LogP contribution >= 0.6 is 0 Å². The molecule has 1 unspecified atom stereocenters. The maximum Gasteiger partial charge on any atom is 0.222 e. The van der Waals surface area contributed by atoms with Gasteiger partial charge in [-0.15, -0.1) is 0 Å². The van der Waals surface area contributed by atoms with Crippen molar-refractivity contribution < 1.29 is 4.79 Å². The molecule has 1 aromatic rings. The lowest BCUT2D eigenvalue weighted by atomic mass is 9.62. The number of carbonyl (C=O) groups excluding carboxylic acids is 1. The van der Waals surface area contributed by atoms with Gasteiger partial charge < -0.3 is 4.90 Å². The van der Waals surface area contributed by atoms with Gasteiger partial charge >= 0.3 is 0 Å². The second kappa shape index (κ2) is 7.95. The van der Waals surface area contributed by atoms with E-state index in [0.29, 0.717) is 23.4 Å². The molecule has 1 amide bonds. The third-order valence-corrected chi connectivity index (χ3v) is 7.54. The number of likely N-dealkylation sites (tertiary alicyclic amines) is 2. The largest absolute Gasteiger partial charge is 0.343 e. The van der Waals surface area contributed by atoms with Crippen molar-refractivity contribution >= 4 is 5.91 Å².